The largest absolute Gasteiger partial charge is 0.365 e. The molecule has 1 aliphatic rings. The van der Waals surface area contributed by atoms with Gasteiger partial charge in [-0.15, -0.1) is 0 Å². The topological polar surface area (TPSA) is 30.4 Å². The molecule has 2 aromatic rings. The molecule has 1 atom stereocenters. The number of hydrogen-bond donors (Lipinski definition) is 0. The zero-order valence-electron chi connectivity index (χ0n) is 9.26. The summed E-state index contributed by atoms with van der Waals surface area (Å²) in [5.74, 6) is 0. The van der Waals surface area contributed by atoms with E-state index in [1.807, 2.05) is 29.1 Å². The van der Waals surface area contributed by atoms with Crippen LogP contribution >= 0.6 is 0 Å². The van der Waals surface area contributed by atoms with Gasteiger partial charge in [-0.1, -0.05) is 30.3 Å². The van der Waals surface area contributed by atoms with Gasteiger partial charge in [0.1, 0.15) is 5.60 Å². The van der Waals surface area contributed by atoms with Crippen molar-refractivity contribution in [2.24, 2.45) is 0 Å². The Balaban J connectivity index is 1.78. The van der Waals surface area contributed by atoms with Crippen molar-refractivity contribution in [1.82, 2.24) is 9.78 Å². The summed E-state index contributed by atoms with van der Waals surface area (Å²) in [6, 6.07) is 10.3. The van der Waals surface area contributed by atoms with Gasteiger partial charge in [-0.2, -0.15) is 5.10 Å². The SMILES string of the molecule is CC1(c2cnn(Cc3ccccc3)c2)CO1. The van der Waals surface area contributed by atoms with Crippen molar-refractivity contribution in [2.45, 2.75) is 19.1 Å². The van der Waals surface area contributed by atoms with Crippen molar-refractivity contribution in [1.29, 1.82) is 0 Å². The predicted octanol–water partition coefficient (Wildman–Crippen LogP) is 2.18. The molecule has 2 heterocycles. The predicted molar refractivity (Wildman–Crippen MR) is 61.1 cm³/mol. The quantitative estimate of drug-likeness (QED) is 0.733. The lowest BCUT2D eigenvalue weighted by Crippen LogP contribution is -2.02. The third kappa shape index (κ3) is 1.74. The van der Waals surface area contributed by atoms with Crippen molar-refractivity contribution in [3.05, 3.63) is 53.9 Å². The van der Waals surface area contributed by atoms with E-state index in [9.17, 15) is 0 Å². The molecule has 1 fully saturated rings. The molecule has 82 valence electrons. The minimum Gasteiger partial charge on any atom is -0.365 e. The number of benzene rings is 1. The van der Waals surface area contributed by atoms with Crippen LogP contribution in [-0.2, 0) is 16.9 Å². The van der Waals surface area contributed by atoms with E-state index in [1.54, 1.807) is 0 Å². The third-order valence-electron chi connectivity index (χ3n) is 3.01. The molecule has 3 rings (SSSR count). The summed E-state index contributed by atoms with van der Waals surface area (Å²) in [6.45, 7) is 3.72. The van der Waals surface area contributed by atoms with Gasteiger partial charge in [-0.3, -0.25) is 4.68 Å². The summed E-state index contributed by atoms with van der Waals surface area (Å²) in [7, 11) is 0. The van der Waals surface area contributed by atoms with E-state index in [0.29, 0.717) is 0 Å². The monoisotopic (exact) mass is 214 g/mol. The lowest BCUT2D eigenvalue weighted by atomic mass is 10.1. The van der Waals surface area contributed by atoms with Crippen LogP contribution in [0.15, 0.2) is 42.7 Å². The van der Waals surface area contributed by atoms with Gasteiger partial charge in [0.05, 0.1) is 19.3 Å². The van der Waals surface area contributed by atoms with Crippen molar-refractivity contribution in [3.63, 3.8) is 0 Å². The van der Waals surface area contributed by atoms with Gasteiger partial charge in [0.15, 0.2) is 0 Å². The molecule has 3 nitrogen and oxygen atoms in total. The van der Waals surface area contributed by atoms with Crippen molar-refractivity contribution in [3.8, 4) is 0 Å². The van der Waals surface area contributed by atoms with Crippen LogP contribution in [0.25, 0.3) is 0 Å². The molecule has 0 aliphatic carbocycles. The highest BCUT2D eigenvalue weighted by atomic mass is 16.6. The fourth-order valence-corrected chi connectivity index (χ4v) is 1.77. The maximum absolute atomic E-state index is 5.39. The Morgan fingerprint density at radius 2 is 2.12 bits per heavy atom. The van der Waals surface area contributed by atoms with Crippen LogP contribution in [0.2, 0.25) is 0 Å². The van der Waals surface area contributed by atoms with Gasteiger partial charge < -0.3 is 4.74 Å². The molecule has 1 aliphatic heterocycles. The second kappa shape index (κ2) is 3.46. The molecular formula is C13H14N2O. The number of aromatic nitrogens is 2. The Morgan fingerprint density at radius 1 is 1.38 bits per heavy atom. The highest BCUT2D eigenvalue weighted by Crippen LogP contribution is 2.37. The first-order valence-corrected chi connectivity index (χ1v) is 5.47. The standard InChI is InChI=1S/C13H14N2O/c1-13(10-16-13)12-7-14-15(9-12)8-11-5-3-2-4-6-11/h2-7,9H,8,10H2,1H3. The zero-order chi connectivity index (χ0) is 11.0. The van der Waals surface area contributed by atoms with Gasteiger partial charge in [0, 0.05) is 11.8 Å². The molecule has 0 saturated carbocycles. The second-order valence-corrected chi connectivity index (χ2v) is 4.43. The number of hydrogen-bond acceptors (Lipinski definition) is 2. The molecular weight excluding hydrogens is 200 g/mol. The van der Waals surface area contributed by atoms with Crippen LogP contribution in [0.3, 0.4) is 0 Å². The summed E-state index contributed by atoms with van der Waals surface area (Å²) < 4.78 is 7.35. The molecule has 1 aromatic heterocycles. The Kier molecular flexibility index (Phi) is 2.07. The molecule has 16 heavy (non-hydrogen) atoms. The normalized spacial score (nSPS) is 23.3. The molecule has 0 bridgehead atoms. The summed E-state index contributed by atoms with van der Waals surface area (Å²) >= 11 is 0. The van der Waals surface area contributed by atoms with Gasteiger partial charge in [0.25, 0.3) is 0 Å². The molecule has 1 unspecified atom stereocenters. The van der Waals surface area contributed by atoms with Crippen molar-refractivity contribution >= 4 is 0 Å². The molecule has 0 amide bonds. The Bertz CT molecular complexity index is 486. The lowest BCUT2D eigenvalue weighted by molar-refractivity contribution is 0.329. The van der Waals surface area contributed by atoms with E-state index >= 15 is 0 Å². The maximum atomic E-state index is 5.39. The van der Waals surface area contributed by atoms with Crippen LogP contribution in [-0.4, -0.2) is 16.4 Å². The summed E-state index contributed by atoms with van der Waals surface area (Å²) in [4.78, 5) is 0. The van der Waals surface area contributed by atoms with E-state index in [1.165, 1.54) is 11.1 Å². The fraction of sp³-hybridized carbons (Fsp3) is 0.308. The highest BCUT2D eigenvalue weighted by molar-refractivity contribution is 5.21. The van der Waals surface area contributed by atoms with Gasteiger partial charge >= 0.3 is 0 Å². The summed E-state index contributed by atoms with van der Waals surface area (Å²) in [5.41, 5.74) is 2.36. The molecule has 3 heteroatoms. The Morgan fingerprint density at radius 3 is 2.81 bits per heavy atom. The number of nitrogens with zero attached hydrogens (tertiary/aromatic N) is 2. The molecule has 0 radical (unpaired) electrons. The van der Waals surface area contributed by atoms with E-state index in [2.05, 4.69) is 30.4 Å². The third-order valence-corrected chi connectivity index (χ3v) is 3.01. The van der Waals surface area contributed by atoms with Crippen LogP contribution in [0.1, 0.15) is 18.1 Å². The van der Waals surface area contributed by atoms with Gasteiger partial charge in [-0.25, -0.2) is 0 Å². The smallest absolute Gasteiger partial charge is 0.117 e. The average Bonchev–Trinajstić information content (AvgIpc) is 2.88. The van der Waals surface area contributed by atoms with E-state index < -0.39 is 0 Å². The maximum Gasteiger partial charge on any atom is 0.117 e. The van der Waals surface area contributed by atoms with Gasteiger partial charge in [-0.05, 0) is 12.5 Å². The first kappa shape index (κ1) is 9.60. The van der Waals surface area contributed by atoms with Crippen LogP contribution in [0.4, 0.5) is 0 Å². The van der Waals surface area contributed by atoms with E-state index in [-0.39, 0.29) is 5.60 Å². The van der Waals surface area contributed by atoms with E-state index in [0.717, 1.165) is 13.2 Å². The minimum atomic E-state index is -0.0745. The number of epoxide rings is 1. The first-order valence-electron chi connectivity index (χ1n) is 5.47. The zero-order valence-corrected chi connectivity index (χ0v) is 9.26. The number of rotatable bonds is 3. The van der Waals surface area contributed by atoms with Crippen molar-refractivity contribution in [2.75, 3.05) is 6.61 Å². The van der Waals surface area contributed by atoms with Crippen molar-refractivity contribution < 1.29 is 4.74 Å². The van der Waals surface area contributed by atoms with E-state index in [4.69, 9.17) is 4.74 Å². The highest BCUT2D eigenvalue weighted by Gasteiger charge is 2.42. The molecule has 0 spiro atoms. The Hall–Kier alpha value is -1.61. The molecule has 1 saturated heterocycles. The average molecular weight is 214 g/mol. The number of ether oxygens (including phenoxy) is 1. The Labute approximate surface area is 94.7 Å². The fourth-order valence-electron chi connectivity index (χ4n) is 1.77. The first-order chi connectivity index (χ1) is 7.76. The van der Waals surface area contributed by atoms with Gasteiger partial charge in [0.2, 0.25) is 0 Å². The molecule has 1 aromatic carbocycles. The van der Waals surface area contributed by atoms with Crippen LogP contribution in [0, 0.1) is 0 Å². The second-order valence-electron chi connectivity index (χ2n) is 4.43. The summed E-state index contributed by atoms with van der Waals surface area (Å²) in [6.07, 6.45) is 3.97. The summed E-state index contributed by atoms with van der Waals surface area (Å²) in [5, 5.41) is 4.35. The van der Waals surface area contributed by atoms with Crippen LogP contribution in [0.5, 0.6) is 0 Å². The molecule has 0 N–H and O–H groups in total. The van der Waals surface area contributed by atoms with Crippen LogP contribution < -0.4 is 0 Å². The lowest BCUT2D eigenvalue weighted by Gasteiger charge is -2.01. The minimum absolute atomic E-state index is 0.0745.